The van der Waals surface area contributed by atoms with E-state index in [2.05, 4.69) is 26.1 Å². The van der Waals surface area contributed by atoms with Gasteiger partial charge < -0.3 is 15.2 Å². The first kappa shape index (κ1) is 14.6. The molecule has 0 bridgehead atoms. The van der Waals surface area contributed by atoms with Crippen LogP contribution in [-0.4, -0.2) is 43.3 Å². The number of likely N-dealkylation sites (N-methyl/N-ethyl adjacent to an activating group) is 1. The highest BCUT2D eigenvalue weighted by Gasteiger charge is 2.20. The number of aromatic hydroxyl groups is 1. The van der Waals surface area contributed by atoms with Gasteiger partial charge in [0.2, 0.25) is 0 Å². The lowest BCUT2D eigenvalue weighted by Gasteiger charge is -2.32. The molecule has 1 aromatic carbocycles. The van der Waals surface area contributed by atoms with Gasteiger partial charge in [-0.3, -0.25) is 4.90 Å². The Hall–Kier alpha value is -0.780. The van der Waals surface area contributed by atoms with Crippen LogP contribution in [0.3, 0.4) is 0 Å². The number of methoxy groups -OCH3 is 1. The van der Waals surface area contributed by atoms with Crippen molar-refractivity contribution in [3.63, 3.8) is 0 Å². The number of hydrogen-bond acceptors (Lipinski definition) is 4. The number of nitrogens with zero attached hydrogens (tertiary/aromatic N) is 1. The molecule has 0 radical (unpaired) electrons. The molecule has 2 rings (SSSR count). The van der Waals surface area contributed by atoms with Gasteiger partial charge in [-0.25, -0.2) is 0 Å². The summed E-state index contributed by atoms with van der Waals surface area (Å²) in [5, 5.41) is 13.3. The molecule has 0 amide bonds. The van der Waals surface area contributed by atoms with E-state index in [1.807, 2.05) is 19.2 Å². The molecule has 0 spiro atoms. The fourth-order valence-electron chi connectivity index (χ4n) is 2.55. The number of piperidine rings is 1. The average Bonchev–Trinajstić information content (AvgIpc) is 2.44. The maximum absolute atomic E-state index is 10.0. The first-order valence-electron chi connectivity index (χ1n) is 6.59. The zero-order valence-corrected chi connectivity index (χ0v) is 13.0. The maximum Gasteiger partial charge on any atom is 0.172 e. The number of phenols is 1. The zero-order chi connectivity index (χ0) is 13.8. The van der Waals surface area contributed by atoms with Crippen molar-refractivity contribution in [2.24, 2.45) is 0 Å². The third kappa shape index (κ3) is 3.41. The van der Waals surface area contributed by atoms with Crippen LogP contribution in [0.25, 0.3) is 0 Å². The Kier molecular flexibility index (Phi) is 5.07. The molecule has 1 aliphatic rings. The van der Waals surface area contributed by atoms with E-state index in [1.54, 1.807) is 7.11 Å². The standard InChI is InChI=1S/C14H21BrN2O2/c1-16-11-4-3-7-17(9-11)8-10-5-6-12(19-2)14(18)13(10)15/h5-6,11,16,18H,3-4,7-9H2,1-2H3. The third-order valence-corrected chi connectivity index (χ3v) is 4.57. The van der Waals surface area contributed by atoms with Gasteiger partial charge in [0, 0.05) is 19.1 Å². The summed E-state index contributed by atoms with van der Waals surface area (Å²) in [6.07, 6.45) is 2.45. The fourth-order valence-corrected chi connectivity index (χ4v) is 3.00. The van der Waals surface area contributed by atoms with E-state index in [1.165, 1.54) is 12.8 Å². The minimum Gasteiger partial charge on any atom is -0.503 e. The Labute approximate surface area is 122 Å². The lowest BCUT2D eigenvalue weighted by molar-refractivity contribution is 0.187. The van der Waals surface area contributed by atoms with Gasteiger partial charge in [-0.15, -0.1) is 0 Å². The largest absolute Gasteiger partial charge is 0.503 e. The molecular formula is C14H21BrN2O2. The Morgan fingerprint density at radius 2 is 2.32 bits per heavy atom. The summed E-state index contributed by atoms with van der Waals surface area (Å²) in [5.41, 5.74) is 1.09. The summed E-state index contributed by atoms with van der Waals surface area (Å²) in [7, 11) is 3.58. The van der Waals surface area contributed by atoms with Crippen molar-refractivity contribution >= 4 is 15.9 Å². The minimum atomic E-state index is 0.183. The van der Waals surface area contributed by atoms with Gasteiger partial charge in [0.25, 0.3) is 0 Å². The number of hydrogen-bond donors (Lipinski definition) is 2. The van der Waals surface area contributed by atoms with Crippen LogP contribution in [0.1, 0.15) is 18.4 Å². The van der Waals surface area contributed by atoms with Crippen molar-refractivity contribution in [3.05, 3.63) is 22.2 Å². The predicted molar refractivity (Wildman–Crippen MR) is 79.7 cm³/mol. The summed E-state index contributed by atoms with van der Waals surface area (Å²) in [6.45, 7) is 3.00. The molecule has 0 aliphatic carbocycles. The molecule has 1 fully saturated rings. The highest BCUT2D eigenvalue weighted by Crippen LogP contribution is 2.37. The van der Waals surface area contributed by atoms with Crippen molar-refractivity contribution in [2.45, 2.75) is 25.4 Å². The van der Waals surface area contributed by atoms with E-state index in [-0.39, 0.29) is 5.75 Å². The smallest absolute Gasteiger partial charge is 0.172 e. The lowest BCUT2D eigenvalue weighted by atomic mass is 10.0. The van der Waals surface area contributed by atoms with Crippen LogP contribution in [0.2, 0.25) is 0 Å². The molecule has 2 N–H and O–H groups in total. The number of ether oxygens (including phenoxy) is 1. The first-order chi connectivity index (χ1) is 9.15. The van der Waals surface area contributed by atoms with Crippen molar-refractivity contribution in [3.8, 4) is 11.5 Å². The van der Waals surface area contributed by atoms with Gasteiger partial charge in [-0.2, -0.15) is 0 Å². The molecule has 1 atom stereocenters. The van der Waals surface area contributed by atoms with Crippen molar-refractivity contribution < 1.29 is 9.84 Å². The molecule has 0 aromatic heterocycles. The second-order valence-electron chi connectivity index (χ2n) is 4.95. The number of likely N-dealkylation sites (tertiary alicyclic amines) is 1. The predicted octanol–water partition coefficient (Wildman–Crippen LogP) is 2.35. The van der Waals surface area contributed by atoms with Crippen molar-refractivity contribution in [1.82, 2.24) is 10.2 Å². The molecular weight excluding hydrogens is 308 g/mol. The van der Waals surface area contributed by atoms with E-state index < -0.39 is 0 Å². The van der Waals surface area contributed by atoms with Crippen LogP contribution in [-0.2, 0) is 6.54 Å². The normalized spacial score (nSPS) is 20.5. The summed E-state index contributed by atoms with van der Waals surface area (Å²) < 4.78 is 5.84. The minimum absolute atomic E-state index is 0.183. The molecule has 5 heteroatoms. The molecule has 4 nitrogen and oxygen atoms in total. The van der Waals surface area contributed by atoms with Crippen LogP contribution in [0.4, 0.5) is 0 Å². The van der Waals surface area contributed by atoms with E-state index in [0.717, 1.165) is 29.7 Å². The monoisotopic (exact) mass is 328 g/mol. The molecule has 1 saturated heterocycles. The number of rotatable bonds is 4. The zero-order valence-electron chi connectivity index (χ0n) is 11.4. The summed E-state index contributed by atoms with van der Waals surface area (Å²) >= 11 is 3.46. The van der Waals surface area contributed by atoms with Gasteiger partial charge in [-0.1, -0.05) is 6.07 Å². The van der Waals surface area contributed by atoms with E-state index in [4.69, 9.17) is 4.74 Å². The number of halogens is 1. The van der Waals surface area contributed by atoms with E-state index >= 15 is 0 Å². The SMILES string of the molecule is CNC1CCCN(Cc2ccc(OC)c(O)c2Br)C1. The van der Waals surface area contributed by atoms with Crippen molar-refractivity contribution in [2.75, 3.05) is 27.2 Å². The number of nitrogens with one attached hydrogen (secondary N) is 1. The third-order valence-electron chi connectivity index (χ3n) is 3.69. The van der Waals surface area contributed by atoms with Crippen molar-refractivity contribution in [1.29, 1.82) is 0 Å². The van der Waals surface area contributed by atoms with E-state index in [9.17, 15) is 5.11 Å². The fraction of sp³-hybridized carbons (Fsp3) is 0.571. The van der Waals surface area contributed by atoms with Crippen LogP contribution in [0.15, 0.2) is 16.6 Å². The summed E-state index contributed by atoms with van der Waals surface area (Å²) in [6, 6.07) is 4.39. The molecule has 1 unspecified atom stereocenters. The highest BCUT2D eigenvalue weighted by atomic mass is 79.9. The molecule has 1 aliphatic heterocycles. The molecule has 0 saturated carbocycles. The van der Waals surface area contributed by atoms with E-state index in [0.29, 0.717) is 11.8 Å². The second-order valence-corrected chi connectivity index (χ2v) is 5.75. The number of phenolic OH excluding ortho intramolecular Hbond substituents is 1. The molecule has 1 aromatic rings. The topological polar surface area (TPSA) is 44.7 Å². The van der Waals surface area contributed by atoms with Gasteiger partial charge >= 0.3 is 0 Å². The van der Waals surface area contributed by atoms with Crippen LogP contribution < -0.4 is 10.1 Å². The Bertz CT molecular complexity index is 440. The second kappa shape index (κ2) is 6.59. The first-order valence-corrected chi connectivity index (χ1v) is 7.39. The summed E-state index contributed by atoms with van der Waals surface area (Å²) in [5.74, 6) is 0.685. The van der Waals surface area contributed by atoms with Gasteiger partial charge in [0.05, 0.1) is 11.6 Å². The van der Waals surface area contributed by atoms with Crippen LogP contribution >= 0.6 is 15.9 Å². The Morgan fingerprint density at radius 1 is 1.53 bits per heavy atom. The molecule has 1 heterocycles. The average molecular weight is 329 g/mol. The molecule has 19 heavy (non-hydrogen) atoms. The Morgan fingerprint density at radius 3 is 3.00 bits per heavy atom. The lowest BCUT2D eigenvalue weighted by Crippen LogP contribution is -2.43. The van der Waals surface area contributed by atoms with Gasteiger partial charge in [-0.05, 0) is 54.0 Å². The van der Waals surface area contributed by atoms with Crippen LogP contribution in [0.5, 0.6) is 11.5 Å². The molecule has 106 valence electrons. The maximum atomic E-state index is 10.0. The quantitative estimate of drug-likeness (QED) is 0.890. The van der Waals surface area contributed by atoms with Gasteiger partial charge in [0.1, 0.15) is 0 Å². The van der Waals surface area contributed by atoms with Gasteiger partial charge in [0.15, 0.2) is 11.5 Å². The number of benzene rings is 1. The Balaban J connectivity index is 2.09. The summed E-state index contributed by atoms with van der Waals surface area (Å²) in [4.78, 5) is 2.41. The van der Waals surface area contributed by atoms with Crippen LogP contribution in [0, 0.1) is 0 Å². The highest BCUT2D eigenvalue weighted by molar-refractivity contribution is 9.10.